The zero-order valence-electron chi connectivity index (χ0n) is 11.5. The third-order valence-electron chi connectivity index (χ3n) is 3.36. The number of nitrogens with two attached hydrogens (primary N) is 1. The Bertz CT molecular complexity index is 300. The molecule has 1 atom stereocenters. The molecule has 1 saturated heterocycles. The molecule has 0 spiro atoms. The number of likely N-dealkylation sites (N-methyl/N-ethyl adjacent to an activating group) is 1. The number of hydrogen-bond acceptors (Lipinski definition) is 4. The summed E-state index contributed by atoms with van der Waals surface area (Å²) in [4.78, 5) is 27.3. The highest BCUT2D eigenvalue weighted by atomic mass is 16.2. The quantitative estimate of drug-likeness (QED) is 0.397. The van der Waals surface area contributed by atoms with Crippen LogP contribution in [0.1, 0.15) is 26.7 Å². The van der Waals surface area contributed by atoms with E-state index in [1.54, 1.807) is 11.9 Å². The van der Waals surface area contributed by atoms with Crippen molar-refractivity contribution < 1.29 is 9.59 Å². The summed E-state index contributed by atoms with van der Waals surface area (Å²) in [5.41, 5.74) is 2.16. The van der Waals surface area contributed by atoms with Gasteiger partial charge in [0.15, 0.2) is 0 Å². The van der Waals surface area contributed by atoms with Crippen LogP contribution in [0.2, 0.25) is 0 Å². The normalized spacial score (nSPS) is 17.3. The van der Waals surface area contributed by atoms with Crippen molar-refractivity contribution in [3.05, 3.63) is 0 Å². The van der Waals surface area contributed by atoms with Crippen LogP contribution in [0.3, 0.4) is 0 Å². The first-order chi connectivity index (χ1) is 8.47. The van der Waals surface area contributed by atoms with Gasteiger partial charge in [-0.05, 0) is 25.8 Å². The summed E-state index contributed by atoms with van der Waals surface area (Å²) < 4.78 is 0. The lowest BCUT2D eigenvalue weighted by molar-refractivity contribution is -0.134. The number of carbonyl (C=O) groups excluding carboxylic acids is 2. The Labute approximate surface area is 108 Å². The highest BCUT2D eigenvalue weighted by molar-refractivity contribution is 5.83. The molecule has 0 aromatic heterocycles. The Morgan fingerprint density at radius 2 is 1.89 bits per heavy atom. The van der Waals surface area contributed by atoms with Gasteiger partial charge in [-0.3, -0.25) is 19.9 Å². The molecule has 0 radical (unpaired) electrons. The predicted molar refractivity (Wildman–Crippen MR) is 69.4 cm³/mol. The van der Waals surface area contributed by atoms with Gasteiger partial charge in [-0.1, -0.05) is 13.8 Å². The molecule has 6 heteroatoms. The van der Waals surface area contributed by atoms with Crippen molar-refractivity contribution in [1.82, 2.24) is 15.2 Å². The van der Waals surface area contributed by atoms with Crippen molar-refractivity contribution in [1.29, 1.82) is 0 Å². The van der Waals surface area contributed by atoms with Gasteiger partial charge < -0.3 is 4.90 Å². The summed E-state index contributed by atoms with van der Waals surface area (Å²) in [5, 5.41) is 0. The average molecular weight is 256 g/mol. The van der Waals surface area contributed by atoms with Crippen LogP contribution in [0.5, 0.6) is 0 Å². The van der Waals surface area contributed by atoms with Gasteiger partial charge in [0.1, 0.15) is 0 Å². The van der Waals surface area contributed by atoms with Gasteiger partial charge in [0.05, 0.1) is 12.6 Å². The van der Waals surface area contributed by atoms with E-state index in [1.807, 2.05) is 18.7 Å². The topological polar surface area (TPSA) is 78.7 Å². The number of hydrazine groups is 1. The molecular weight excluding hydrogens is 232 g/mol. The SMILES string of the molecule is CC(C)C(C(=O)NN)N(C)CC(=O)N1CCCC1. The molecule has 1 rings (SSSR count). The number of hydrogen-bond donors (Lipinski definition) is 2. The van der Waals surface area contributed by atoms with E-state index in [4.69, 9.17) is 5.84 Å². The number of nitrogens with one attached hydrogen (secondary N) is 1. The fourth-order valence-corrected chi connectivity index (χ4v) is 2.48. The van der Waals surface area contributed by atoms with E-state index in [1.165, 1.54) is 0 Å². The first kappa shape index (κ1) is 14.9. The van der Waals surface area contributed by atoms with Gasteiger partial charge in [0, 0.05) is 13.1 Å². The highest BCUT2D eigenvalue weighted by Gasteiger charge is 2.29. The van der Waals surface area contributed by atoms with Crippen molar-refractivity contribution in [3.8, 4) is 0 Å². The number of rotatable bonds is 5. The van der Waals surface area contributed by atoms with E-state index in [0.29, 0.717) is 0 Å². The maximum absolute atomic E-state index is 12.0. The molecule has 0 bridgehead atoms. The van der Waals surface area contributed by atoms with Crippen molar-refractivity contribution >= 4 is 11.8 Å². The van der Waals surface area contributed by atoms with Crippen LogP contribution in [-0.4, -0.2) is 54.3 Å². The monoisotopic (exact) mass is 256 g/mol. The average Bonchev–Trinajstić information content (AvgIpc) is 2.81. The minimum absolute atomic E-state index is 0.0884. The molecule has 2 amide bonds. The van der Waals surface area contributed by atoms with E-state index >= 15 is 0 Å². The standard InChI is InChI=1S/C12H24N4O2/c1-9(2)11(12(18)14-13)15(3)8-10(17)16-6-4-5-7-16/h9,11H,4-8,13H2,1-3H3,(H,14,18). The second-order valence-corrected chi connectivity index (χ2v) is 5.20. The number of nitrogens with zero attached hydrogens (tertiary/aromatic N) is 2. The lowest BCUT2D eigenvalue weighted by Crippen LogP contribution is -2.52. The lowest BCUT2D eigenvalue weighted by atomic mass is 10.0. The number of amides is 2. The zero-order chi connectivity index (χ0) is 13.7. The first-order valence-corrected chi connectivity index (χ1v) is 6.45. The van der Waals surface area contributed by atoms with E-state index in [9.17, 15) is 9.59 Å². The molecule has 1 fully saturated rings. The van der Waals surface area contributed by atoms with Crippen LogP contribution in [0, 0.1) is 5.92 Å². The molecule has 1 unspecified atom stereocenters. The summed E-state index contributed by atoms with van der Waals surface area (Å²) in [6.45, 7) is 5.81. The molecule has 0 aromatic rings. The largest absolute Gasteiger partial charge is 0.342 e. The molecule has 0 aliphatic carbocycles. The van der Waals surface area contributed by atoms with E-state index in [2.05, 4.69) is 5.43 Å². The van der Waals surface area contributed by atoms with Crippen molar-refractivity contribution in [2.24, 2.45) is 11.8 Å². The van der Waals surface area contributed by atoms with Crippen LogP contribution in [0.25, 0.3) is 0 Å². The van der Waals surface area contributed by atoms with Crippen LogP contribution in [0.15, 0.2) is 0 Å². The summed E-state index contributed by atoms with van der Waals surface area (Å²) in [6.07, 6.45) is 2.15. The van der Waals surface area contributed by atoms with E-state index in [-0.39, 0.29) is 30.3 Å². The number of carbonyl (C=O) groups is 2. The third-order valence-corrected chi connectivity index (χ3v) is 3.36. The Morgan fingerprint density at radius 3 is 2.33 bits per heavy atom. The Balaban J connectivity index is 2.57. The van der Waals surface area contributed by atoms with Gasteiger partial charge in [-0.15, -0.1) is 0 Å². The molecule has 6 nitrogen and oxygen atoms in total. The van der Waals surface area contributed by atoms with Gasteiger partial charge >= 0.3 is 0 Å². The number of likely N-dealkylation sites (tertiary alicyclic amines) is 1. The third kappa shape index (κ3) is 3.68. The first-order valence-electron chi connectivity index (χ1n) is 6.45. The molecule has 1 aliphatic heterocycles. The van der Waals surface area contributed by atoms with Crippen LogP contribution in [-0.2, 0) is 9.59 Å². The summed E-state index contributed by atoms with van der Waals surface area (Å²) in [7, 11) is 1.79. The van der Waals surface area contributed by atoms with Crippen molar-refractivity contribution in [3.63, 3.8) is 0 Å². The Morgan fingerprint density at radius 1 is 1.33 bits per heavy atom. The fourth-order valence-electron chi connectivity index (χ4n) is 2.48. The summed E-state index contributed by atoms with van der Waals surface area (Å²) >= 11 is 0. The van der Waals surface area contributed by atoms with E-state index in [0.717, 1.165) is 25.9 Å². The Hall–Kier alpha value is -1.14. The predicted octanol–water partition coefficient (Wildman–Crippen LogP) is -0.445. The zero-order valence-corrected chi connectivity index (χ0v) is 11.5. The second-order valence-electron chi connectivity index (χ2n) is 5.20. The van der Waals surface area contributed by atoms with Gasteiger partial charge in [-0.25, -0.2) is 5.84 Å². The van der Waals surface area contributed by atoms with Gasteiger partial charge in [0.2, 0.25) is 5.91 Å². The smallest absolute Gasteiger partial charge is 0.251 e. The maximum atomic E-state index is 12.0. The molecular formula is C12H24N4O2. The Kier molecular flexibility index (Phi) is 5.55. The fraction of sp³-hybridized carbons (Fsp3) is 0.833. The molecule has 3 N–H and O–H groups in total. The van der Waals surface area contributed by atoms with Crippen LogP contribution in [0.4, 0.5) is 0 Å². The minimum Gasteiger partial charge on any atom is -0.342 e. The summed E-state index contributed by atoms with van der Waals surface area (Å²) in [5.74, 6) is 5.12. The van der Waals surface area contributed by atoms with Crippen molar-refractivity contribution in [2.75, 3.05) is 26.7 Å². The molecule has 1 aliphatic rings. The van der Waals surface area contributed by atoms with Gasteiger partial charge in [0.25, 0.3) is 5.91 Å². The molecule has 1 heterocycles. The van der Waals surface area contributed by atoms with Crippen LogP contribution >= 0.6 is 0 Å². The van der Waals surface area contributed by atoms with Crippen LogP contribution < -0.4 is 11.3 Å². The summed E-state index contributed by atoms with van der Waals surface area (Å²) in [6, 6.07) is -0.374. The molecule has 0 saturated carbocycles. The second kappa shape index (κ2) is 6.70. The highest BCUT2D eigenvalue weighted by Crippen LogP contribution is 2.12. The van der Waals surface area contributed by atoms with Crippen molar-refractivity contribution in [2.45, 2.75) is 32.7 Å². The van der Waals surface area contributed by atoms with E-state index < -0.39 is 0 Å². The van der Waals surface area contributed by atoms with Gasteiger partial charge in [-0.2, -0.15) is 0 Å². The molecule has 18 heavy (non-hydrogen) atoms. The maximum Gasteiger partial charge on any atom is 0.251 e. The minimum atomic E-state index is -0.374. The lowest BCUT2D eigenvalue weighted by Gasteiger charge is -2.30. The molecule has 0 aromatic carbocycles. The molecule has 104 valence electrons.